The van der Waals surface area contributed by atoms with Gasteiger partial charge in [-0.25, -0.2) is 0 Å². The molecule has 0 amide bonds. The molecule has 6 rings (SSSR count). The van der Waals surface area contributed by atoms with Crippen LogP contribution in [0.15, 0.2) is 72.8 Å². The zero-order chi connectivity index (χ0) is 22.7. The van der Waals surface area contributed by atoms with E-state index in [1.807, 2.05) is 0 Å². The molecule has 0 bridgehead atoms. The SMILES string of the molecule is c1ccc2c(c1)CCc1ccccc1N2CCCCN1CCN(c2nsc3ccccc23)CC1. The third kappa shape index (κ3) is 4.30. The summed E-state index contributed by atoms with van der Waals surface area (Å²) in [6, 6.07) is 26.6. The number of anilines is 3. The number of hydrogen-bond acceptors (Lipinski definition) is 5. The van der Waals surface area contributed by atoms with Crippen molar-refractivity contribution >= 4 is 38.8 Å². The number of hydrogen-bond donors (Lipinski definition) is 0. The standard InChI is InChI=1S/C29H32N4S/c1-4-12-26-23(9-1)15-16-24-10-2-5-13-27(24)33(26)18-8-7-17-31-19-21-32(22-20-31)29-25-11-3-6-14-28(25)34-30-29/h1-6,9-14H,7-8,15-22H2. The summed E-state index contributed by atoms with van der Waals surface area (Å²) in [7, 11) is 0. The van der Waals surface area contributed by atoms with Crippen molar-refractivity contribution < 1.29 is 0 Å². The minimum Gasteiger partial charge on any atom is -0.353 e. The van der Waals surface area contributed by atoms with Crippen LogP contribution in [-0.4, -0.2) is 48.5 Å². The molecule has 3 aromatic carbocycles. The van der Waals surface area contributed by atoms with Gasteiger partial charge < -0.3 is 9.80 Å². The van der Waals surface area contributed by atoms with E-state index in [2.05, 4.69) is 87.5 Å². The molecular formula is C29H32N4S. The summed E-state index contributed by atoms with van der Waals surface area (Å²) >= 11 is 1.62. The number of piperazine rings is 1. The van der Waals surface area contributed by atoms with Crippen molar-refractivity contribution in [3.8, 4) is 0 Å². The zero-order valence-corrected chi connectivity index (χ0v) is 20.5. The maximum Gasteiger partial charge on any atom is 0.150 e. The Hall–Kier alpha value is -2.89. The zero-order valence-electron chi connectivity index (χ0n) is 19.7. The van der Waals surface area contributed by atoms with Crippen molar-refractivity contribution in [1.82, 2.24) is 9.27 Å². The van der Waals surface area contributed by atoms with E-state index >= 15 is 0 Å². The quantitative estimate of drug-likeness (QED) is 0.317. The average Bonchev–Trinajstić information content (AvgIpc) is 3.26. The van der Waals surface area contributed by atoms with E-state index in [1.54, 1.807) is 11.5 Å². The number of unbranched alkanes of at least 4 members (excludes halogenated alkanes) is 1. The minimum atomic E-state index is 1.07. The Labute approximate surface area is 206 Å². The molecule has 2 aliphatic heterocycles. The van der Waals surface area contributed by atoms with Crippen LogP contribution in [0.3, 0.4) is 0 Å². The molecule has 0 radical (unpaired) electrons. The fourth-order valence-corrected chi connectivity index (χ4v) is 6.30. The number of fused-ring (bicyclic) bond motifs is 3. The third-order valence-electron chi connectivity index (χ3n) is 7.36. The second kappa shape index (κ2) is 9.77. The molecule has 4 nitrogen and oxygen atoms in total. The molecule has 2 aliphatic rings. The van der Waals surface area contributed by atoms with Gasteiger partial charge in [0.25, 0.3) is 0 Å². The van der Waals surface area contributed by atoms with Crippen LogP contribution in [0.5, 0.6) is 0 Å². The first kappa shape index (κ1) is 21.6. The van der Waals surface area contributed by atoms with Crippen LogP contribution < -0.4 is 9.80 Å². The molecule has 0 aliphatic carbocycles. The highest BCUT2D eigenvalue weighted by molar-refractivity contribution is 7.13. The lowest BCUT2D eigenvalue weighted by Gasteiger charge is -2.35. The van der Waals surface area contributed by atoms with Crippen molar-refractivity contribution in [2.45, 2.75) is 25.7 Å². The van der Waals surface area contributed by atoms with Gasteiger partial charge in [-0.15, -0.1) is 0 Å². The molecule has 174 valence electrons. The van der Waals surface area contributed by atoms with Crippen molar-refractivity contribution in [2.24, 2.45) is 0 Å². The van der Waals surface area contributed by atoms with Crippen LogP contribution in [-0.2, 0) is 12.8 Å². The van der Waals surface area contributed by atoms with E-state index in [0.717, 1.165) is 45.6 Å². The Kier molecular flexibility index (Phi) is 6.21. The van der Waals surface area contributed by atoms with E-state index in [1.165, 1.54) is 57.8 Å². The Bertz CT molecular complexity index is 1210. The van der Waals surface area contributed by atoms with E-state index in [9.17, 15) is 0 Å². The Morgan fingerprint density at radius 3 is 2.03 bits per heavy atom. The molecule has 1 fully saturated rings. The number of para-hydroxylation sites is 2. The number of benzene rings is 3. The normalized spacial score (nSPS) is 16.4. The predicted octanol–water partition coefficient (Wildman–Crippen LogP) is 6.14. The summed E-state index contributed by atoms with van der Waals surface area (Å²) in [5.41, 5.74) is 5.75. The van der Waals surface area contributed by atoms with Crippen LogP contribution in [0.4, 0.5) is 17.2 Å². The topological polar surface area (TPSA) is 22.6 Å². The van der Waals surface area contributed by atoms with E-state index in [0.29, 0.717) is 0 Å². The highest BCUT2D eigenvalue weighted by atomic mass is 32.1. The summed E-state index contributed by atoms with van der Waals surface area (Å²) < 4.78 is 6.05. The van der Waals surface area contributed by atoms with Crippen molar-refractivity contribution in [3.63, 3.8) is 0 Å². The van der Waals surface area contributed by atoms with E-state index < -0.39 is 0 Å². The predicted molar refractivity (Wildman–Crippen MR) is 145 cm³/mol. The highest BCUT2D eigenvalue weighted by Crippen LogP contribution is 2.36. The lowest BCUT2D eigenvalue weighted by atomic mass is 10.0. The maximum absolute atomic E-state index is 4.76. The molecule has 1 aromatic heterocycles. The summed E-state index contributed by atoms with van der Waals surface area (Å²) in [6.45, 7) is 6.66. The number of rotatable bonds is 6. The van der Waals surface area contributed by atoms with Crippen molar-refractivity contribution in [2.75, 3.05) is 49.1 Å². The first-order valence-corrected chi connectivity index (χ1v) is 13.4. The summed E-state index contributed by atoms with van der Waals surface area (Å²) in [6.07, 6.45) is 4.70. The number of aromatic nitrogens is 1. The van der Waals surface area contributed by atoms with Gasteiger partial charge >= 0.3 is 0 Å². The Morgan fingerprint density at radius 1 is 0.676 bits per heavy atom. The molecule has 1 saturated heterocycles. The molecule has 34 heavy (non-hydrogen) atoms. The van der Waals surface area contributed by atoms with Crippen LogP contribution in [0, 0.1) is 0 Å². The molecule has 3 heterocycles. The van der Waals surface area contributed by atoms with Crippen molar-refractivity contribution in [3.05, 3.63) is 83.9 Å². The van der Waals surface area contributed by atoms with Gasteiger partial charge in [0.05, 0.1) is 4.70 Å². The molecule has 0 saturated carbocycles. The van der Waals surface area contributed by atoms with Gasteiger partial charge in [0.2, 0.25) is 0 Å². The maximum atomic E-state index is 4.76. The molecule has 0 atom stereocenters. The lowest BCUT2D eigenvalue weighted by molar-refractivity contribution is 0.253. The van der Waals surface area contributed by atoms with Crippen LogP contribution in [0.1, 0.15) is 24.0 Å². The minimum absolute atomic E-state index is 1.07. The number of nitrogens with zero attached hydrogens (tertiary/aromatic N) is 4. The van der Waals surface area contributed by atoms with Gasteiger partial charge in [-0.1, -0.05) is 48.5 Å². The lowest BCUT2D eigenvalue weighted by Crippen LogP contribution is -2.46. The monoisotopic (exact) mass is 468 g/mol. The summed E-state index contributed by atoms with van der Waals surface area (Å²) in [5, 5.41) is 1.30. The van der Waals surface area contributed by atoms with Gasteiger partial charge in [0.15, 0.2) is 0 Å². The average molecular weight is 469 g/mol. The van der Waals surface area contributed by atoms with Gasteiger partial charge in [-0.3, -0.25) is 4.90 Å². The van der Waals surface area contributed by atoms with Gasteiger partial charge in [0.1, 0.15) is 5.82 Å². The fraction of sp³-hybridized carbons (Fsp3) is 0.345. The van der Waals surface area contributed by atoms with Crippen LogP contribution in [0.25, 0.3) is 10.1 Å². The summed E-state index contributed by atoms with van der Waals surface area (Å²) in [4.78, 5) is 7.68. The van der Waals surface area contributed by atoms with Gasteiger partial charge in [-0.2, -0.15) is 4.37 Å². The number of aryl methyl sites for hydroxylation is 2. The second-order valence-electron chi connectivity index (χ2n) is 9.45. The highest BCUT2D eigenvalue weighted by Gasteiger charge is 2.22. The largest absolute Gasteiger partial charge is 0.353 e. The summed E-state index contributed by atoms with van der Waals surface area (Å²) in [5.74, 6) is 1.18. The van der Waals surface area contributed by atoms with Crippen LogP contribution in [0.2, 0.25) is 0 Å². The Balaban J connectivity index is 1.05. The third-order valence-corrected chi connectivity index (χ3v) is 8.18. The fourth-order valence-electron chi connectivity index (χ4n) is 5.50. The van der Waals surface area contributed by atoms with Gasteiger partial charge in [0, 0.05) is 49.5 Å². The van der Waals surface area contributed by atoms with Gasteiger partial charge in [-0.05, 0) is 79.2 Å². The molecule has 0 spiro atoms. The van der Waals surface area contributed by atoms with E-state index in [4.69, 9.17) is 4.37 Å². The van der Waals surface area contributed by atoms with Crippen molar-refractivity contribution in [1.29, 1.82) is 0 Å². The second-order valence-corrected chi connectivity index (χ2v) is 10.3. The first-order valence-electron chi connectivity index (χ1n) is 12.6. The van der Waals surface area contributed by atoms with Crippen LogP contribution >= 0.6 is 11.5 Å². The molecular weight excluding hydrogens is 436 g/mol. The van der Waals surface area contributed by atoms with E-state index in [-0.39, 0.29) is 0 Å². The smallest absolute Gasteiger partial charge is 0.150 e. The first-order chi connectivity index (χ1) is 16.9. The molecule has 5 heteroatoms. The molecule has 0 N–H and O–H groups in total. The molecule has 0 unspecified atom stereocenters. The molecule has 4 aromatic rings. The Morgan fingerprint density at radius 2 is 1.29 bits per heavy atom.